The minimum absolute atomic E-state index is 0.158. The Bertz CT molecular complexity index is 1160. The number of benzene rings is 2. The lowest BCUT2D eigenvalue weighted by Gasteiger charge is -2.28. The Balaban J connectivity index is 1.34. The number of aliphatic hydroxyl groups is 2. The van der Waals surface area contributed by atoms with Gasteiger partial charge in [0.2, 0.25) is 0 Å². The molecule has 3 N–H and O–H groups in total. The number of rotatable bonds is 7. The van der Waals surface area contributed by atoms with E-state index in [1.807, 2.05) is 74.6 Å². The van der Waals surface area contributed by atoms with Gasteiger partial charge in [0.25, 0.3) is 11.8 Å². The molecule has 2 heterocycles. The first-order valence-corrected chi connectivity index (χ1v) is 11.5. The number of carbonyl (C=O) groups excluding carboxylic acids is 2. The van der Waals surface area contributed by atoms with Crippen LogP contribution in [0.3, 0.4) is 0 Å². The van der Waals surface area contributed by atoms with Gasteiger partial charge < -0.3 is 20.4 Å². The molecule has 8 heteroatoms. The number of aliphatic hydroxyl groups excluding tert-OH is 2. The molecule has 0 aliphatic carbocycles. The predicted octanol–water partition coefficient (Wildman–Crippen LogP) is 2.19. The Morgan fingerprint density at radius 2 is 1.85 bits per heavy atom. The van der Waals surface area contributed by atoms with Gasteiger partial charge in [0.05, 0.1) is 17.4 Å². The van der Waals surface area contributed by atoms with Crippen LogP contribution in [0.1, 0.15) is 41.3 Å². The summed E-state index contributed by atoms with van der Waals surface area (Å²) < 4.78 is 1.76. The van der Waals surface area contributed by atoms with E-state index >= 15 is 0 Å². The van der Waals surface area contributed by atoms with Crippen molar-refractivity contribution in [1.29, 1.82) is 0 Å². The molecule has 8 nitrogen and oxygen atoms in total. The number of aromatic nitrogens is 2. The number of nitrogens with one attached hydrogen (secondary N) is 1. The van der Waals surface area contributed by atoms with Gasteiger partial charge in [0.15, 0.2) is 12.2 Å². The Labute approximate surface area is 198 Å². The maximum Gasteiger partial charge on any atom is 0.255 e. The van der Waals surface area contributed by atoms with Crippen molar-refractivity contribution in [2.24, 2.45) is 0 Å². The van der Waals surface area contributed by atoms with E-state index in [1.165, 1.54) is 0 Å². The summed E-state index contributed by atoms with van der Waals surface area (Å²) in [5.74, 6) is -1.43. The summed E-state index contributed by atoms with van der Waals surface area (Å²) in [6.45, 7) is 4.53. The number of likely N-dealkylation sites (tertiary alicyclic amines) is 1. The van der Waals surface area contributed by atoms with Gasteiger partial charge in [-0.05, 0) is 56.0 Å². The van der Waals surface area contributed by atoms with Crippen molar-refractivity contribution in [2.45, 2.75) is 51.5 Å². The first-order chi connectivity index (χ1) is 16.3. The monoisotopic (exact) mass is 462 g/mol. The standard InChI is InChI=1S/C26H30N4O4/c1-17-5-3-6-20(15-17)22-7-4-13-29(22)26(34)24(32)23(31)25(33)27-16-19-8-10-21(11-9-19)30-14-12-18(2)28-30/h3,5-6,8-12,14-15,22-24,31-32H,4,7,13,16H2,1-2H3,(H,27,33)/t22?,23-,24-/m1/s1. The minimum Gasteiger partial charge on any atom is -0.380 e. The van der Waals surface area contributed by atoms with Crippen molar-refractivity contribution < 1.29 is 19.8 Å². The third-order valence-electron chi connectivity index (χ3n) is 6.17. The largest absolute Gasteiger partial charge is 0.380 e. The van der Waals surface area contributed by atoms with Crippen molar-refractivity contribution in [3.05, 3.63) is 83.2 Å². The molecular weight excluding hydrogens is 432 g/mol. The molecule has 178 valence electrons. The van der Waals surface area contributed by atoms with Crippen LogP contribution >= 0.6 is 0 Å². The normalized spacial score (nSPS) is 17.4. The van der Waals surface area contributed by atoms with Crippen molar-refractivity contribution in [3.63, 3.8) is 0 Å². The summed E-state index contributed by atoms with van der Waals surface area (Å²) >= 11 is 0. The van der Waals surface area contributed by atoms with Crippen molar-refractivity contribution in [1.82, 2.24) is 20.0 Å². The first kappa shape index (κ1) is 23.7. The lowest BCUT2D eigenvalue weighted by atomic mass is 10.0. The smallest absolute Gasteiger partial charge is 0.255 e. The fraction of sp³-hybridized carbons (Fsp3) is 0.346. The zero-order chi connectivity index (χ0) is 24.2. The van der Waals surface area contributed by atoms with Gasteiger partial charge in [0.1, 0.15) is 0 Å². The molecule has 4 rings (SSSR count). The van der Waals surface area contributed by atoms with E-state index in [2.05, 4.69) is 10.4 Å². The maximum atomic E-state index is 12.9. The lowest BCUT2D eigenvalue weighted by Crippen LogP contribution is -2.50. The second-order valence-corrected chi connectivity index (χ2v) is 8.78. The lowest BCUT2D eigenvalue weighted by molar-refractivity contribution is -0.153. The minimum atomic E-state index is -1.85. The Morgan fingerprint density at radius 1 is 1.09 bits per heavy atom. The number of amides is 2. The summed E-state index contributed by atoms with van der Waals surface area (Å²) in [5, 5.41) is 27.8. The van der Waals surface area contributed by atoms with Crippen LogP contribution in [0.5, 0.6) is 0 Å². The number of aryl methyl sites for hydroxylation is 2. The molecule has 1 aromatic heterocycles. The summed E-state index contributed by atoms with van der Waals surface area (Å²) in [5.41, 5.74) is 4.69. The van der Waals surface area contributed by atoms with Gasteiger partial charge in [-0.2, -0.15) is 5.10 Å². The Kier molecular flexibility index (Phi) is 7.09. The summed E-state index contributed by atoms with van der Waals surface area (Å²) in [6.07, 6.45) is -0.232. The molecule has 2 aromatic carbocycles. The molecule has 2 amide bonds. The average molecular weight is 463 g/mol. The van der Waals surface area contributed by atoms with Gasteiger partial charge in [-0.3, -0.25) is 9.59 Å². The maximum absolute atomic E-state index is 12.9. The number of hydrogen-bond donors (Lipinski definition) is 3. The van der Waals surface area contributed by atoms with Gasteiger partial charge in [0, 0.05) is 19.3 Å². The molecule has 34 heavy (non-hydrogen) atoms. The van der Waals surface area contributed by atoms with Crippen LogP contribution in [0.25, 0.3) is 5.69 Å². The van der Waals surface area contributed by atoms with Crippen LogP contribution in [-0.4, -0.2) is 55.5 Å². The van der Waals surface area contributed by atoms with Gasteiger partial charge >= 0.3 is 0 Å². The highest BCUT2D eigenvalue weighted by atomic mass is 16.3. The molecule has 1 fully saturated rings. The predicted molar refractivity (Wildman–Crippen MR) is 127 cm³/mol. The zero-order valence-corrected chi connectivity index (χ0v) is 19.4. The Hall–Kier alpha value is -3.49. The van der Waals surface area contributed by atoms with Crippen molar-refractivity contribution in [2.75, 3.05) is 6.54 Å². The zero-order valence-electron chi connectivity index (χ0n) is 19.4. The molecule has 0 bridgehead atoms. The molecular formula is C26H30N4O4. The second-order valence-electron chi connectivity index (χ2n) is 8.78. The van der Waals surface area contributed by atoms with Gasteiger partial charge in [-0.25, -0.2) is 4.68 Å². The third kappa shape index (κ3) is 5.18. The van der Waals surface area contributed by atoms with Crippen molar-refractivity contribution >= 4 is 11.8 Å². The average Bonchev–Trinajstić information content (AvgIpc) is 3.51. The van der Waals surface area contributed by atoms with E-state index in [-0.39, 0.29) is 12.6 Å². The van der Waals surface area contributed by atoms with E-state index in [0.717, 1.165) is 40.9 Å². The summed E-state index contributed by atoms with van der Waals surface area (Å²) in [7, 11) is 0. The highest BCUT2D eigenvalue weighted by molar-refractivity contribution is 5.91. The van der Waals surface area contributed by atoms with Crippen LogP contribution in [0.2, 0.25) is 0 Å². The molecule has 1 aliphatic rings. The molecule has 0 saturated carbocycles. The fourth-order valence-corrected chi connectivity index (χ4v) is 4.32. The highest BCUT2D eigenvalue weighted by Crippen LogP contribution is 2.33. The SMILES string of the molecule is Cc1cccc(C2CCCN2C(=O)[C@H](O)[C@@H](O)C(=O)NCc2ccc(-n3ccc(C)n3)cc2)c1. The molecule has 3 atom stereocenters. The van der Waals surface area contributed by atoms with E-state index < -0.39 is 24.0 Å². The van der Waals surface area contributed by atoms with Gasteiger partial charge in [-0.1, -0.05) is 42.0 Å². The van der Waals surface area contributed by atoms with Gasteiger partial charge in [-0.15, -0.1) is 0 Å². The van der Waals surface area contributed by atoms with Crippen LogP contribution in [0, 0.1) is 13.8 Å². The summed E-state index contributed by atoms with van der Waals surface area (Å²) in [4.78, 5) is 27.0. The topological polar surface area (TPSA) is 108 Å². The number of nitrogens with zero attached hydrogens (tertiary/aromatic N) is 3. The third-order valence-corrected chi connectivity index (χ3v) is 6.17. The number of carbonyl (C=O) groups is 2. The number of hydrogen-bond acceptors (Lipinski definition) is 5. The summed E-state index contributed by atoms with van der Waals surface area (Å²) in [6, 6.07) is 17.1. The first-order valence-electron chi connectivity index (χ1n) is 11.5. The van der Waals surface area contributed by atoms with E-state index in [0.29, 0.717) is 6.54 Å². The molecule has 0 radical (unpaired) electrons. The van der Waals surface area contributed by atoms with Crippen LogP contribution in [-0.2, 0) is 16.1 Å². The van der Waals surface area contributed by atoms with E-state index in [9.17, 15) is 19.8 Å². The van der Waals surface area contributed by atoms with E-state index in [4.69, 9.17) is 0 Å². The quantitative estimate of drug-likeness (QED) is 0.499. The molecule has 1 unspecified atom stereocenters. The molecule has 3 aromatic rings. The van der Waals surface area contributed by atoms with Crippen LogP contribution < -0.4 is 5.32 Å². The van der Waals surface area contributed by atoms with E-state index in [1.54, 1.807) is 9.58 Å². The molecule has 0 spiro atoms. The fourth-order valence-electron chi connectivity index (χ4n) is 4.32. The highest BCUT2D eigenvalue weighted by Gasteiger charge is 2.38. The molecule has 1 aliphatic heterocycles. The Morgan fingerprint density at radius 3 is 2.53 bits per heavy atom. The molecule has 1 saturated heterocycles. The van der Waals surface area contributed by atoms with Crippen molar-refractivity contribution in [3.8, 4) is 5.69 Å². The van der Waals surface area contributed by atoms with Crippen LogP contribution in [0.4, 0.5) is 0 Å². The van der Waals surface area contributed by atoms with Crippen LogP contribution in [0.15, 0.2) is 60.8 Å². The second kappa shape index (κ2) is 10.2.